The third kappa shape index (κ3) is 5.44. The van der Waals surface area contributed by atoms with E-state index >= 15 is 0 Å². The van der Waals surface area contributed by atoms with Crippen LogP contribution in [0.4, 0.5) is 4.39 Å². The quantitative estimate of drug-likeness (QED) is 0.277. The molecule has 6 nitrogen and oxygen atoms in total. The number of aromatic amines is 1. The third-order valence-corrected chi connectivity index (χ3v) is 7.90. The minimum atomic E-state index is -0.406. The standard InChI is InChI=1S/C27H32FN5OS/c1-2-31-13-15-32(16-14-31)11-5-12-33-26(34)23-18-21(28)8-9-25(23)30-27(33)35-17-10-20-19-29-24-7-4-3-6-22(20)24/h3-4,6-9,18-19,29H,2,5,10-17H2,1H3. The highest BCUT2D eigenvalue weighted by atomic mass is 32.2. The Kier molecular flexibility index (Phi) is 7.51. The summed E-state index contributed by atoms with van der Waals surface area (Å²) < 4.78 is 15.7. The monoisotopic (exact) mass is 493 g/mol. The fourth-order valence-electron chi connectivity index (χ4n) is 4.85. The Morgan fingerprint density at radius 2 is 1.83 bits per heavy atom. The predicted octanol–water partition coefficient (Wildman–Crippen LogP) is 4.38. The van der Waals surface area contributed by atoms with Crippen molar-refractivity contribution >= 4 is 33.6 Å². The lowest BCUT2D eigenvalue weighted by Gasteiger charge is -2.34. The highest BCUT2D eigenvalue weighted by molar-refractivity contribution is 7.99. The molecule has 0 amide bonds. The Morgan fingerprint density at radius 1 is 1.03 bits per heavy atom. The van der Waals surface area contributed by atoms with Gasteiger partial charge >= 0.3 is 0 Å². The molecule has 0 bridgehead atoms. The fraction of sp³-hybridized carbons (Fsp3) is 0.407. The van der Waals surface area contributed by atoms with Crippen molar-refractivity contribution in [3.05, 3.63) is 70.4 Å². The van der Waals surface area contributed by atoms with Gasteiger partial charge in [0.2, 0.25) is 0 Å². The van der Waals surface area contributed by atoms with Crippen molar-refractivity contribution in [2.75, 3.05) is 45.0 Å². The maximum atomic E-state index is 13.9. The number of likely N-dealkylation sites (N-methyl/N-ethyl adjacent to an activating group) is 1. The average molecular weight is 494 g/mol. The van der Waals surface area contributed by atoms with Crippen LogP contribution in [0.3, 0.4) is 0 Å². The second-order valence-electron chi connectivity index (χ2n) is 9.10. The van der Waals surface area contributed by atoms with Crippen LogP contribution >= 0.6 is 11.8 Å². The van der Waals surface area contributed by atoms with Gasteiger partial charge in [0.15, 0.2) is 5.16 Å². The van der Waals surface area contributed by atoms with Gasteiger partial charge in [0.1, 0.15) is 5.82 Å². The molecule has 1 N–H and O–H groups in total. The lowest BCUT2D eigenvalue weighted by atomic mass is 10.1. The molecular formula is C27H32FN5OS. The summed E-state index contributed by atoms with van der Waals surface area (Å²) >= 11 is 1.60. The average Bonchev–Trinajstić information content (AvgIpc) is 3.30. The van der Waals surface area contributed by atoms with Gasteiger partial charge in [-0.2, -0.15) is 0 Å². The van der Waals surface area contributed by atoms with E-state index in [-0.39, 0.29) is 5.56 Å². The molecule has 3 heterocycles. The number of piperazine rings is 1. The SMILES string of the molecule is CCN1CCN(CCCn2c(SCCc3c[nH]c4ccccc34)nc3ccc(F)cc3c2=O)CC1. The molecule has 8 heteroatoms. The van der Waals surface area contributed by atoms with Gasteiger partial charge in [0, 0.05) is 55.6 Å². The molecule has 184 valence electrons. The first-order chi connectivity index (χ1) is 17.1. The van der Waals surface area contributed by atoms with Crippen LogP contribution in [0.15, 0.2) is 58.6 Å². The number of rotatable bonds is 9. The summed E-state index contributed by atoms with van der Waals surface area (Å²) in [6.45, 7) is 9.17. The van der Waals surface area contributed by atoms with Crippen LogP contribution in [0.2, 0.25) is 0 Å². The van der Waals surface area contributed by atoms with Crippen LogP contribution in [0.25, 0.3) is 21.8 Å². The number of hydrogen-bond donors (Lipinski definition) is 1. The Bertz CT molecular complexity index is 1360. The number of thioether (sulfide) groups is 1. The molecule has 35 heavy (non-hydrogen) atoms. The zero-order chi connectivity index (χ0) is 24.2. The van der Waals surface area contributed by atoms with Gasteiger partial charge in [-0.1, -0.05) is 36.9 Å². The van der Waals surface area contributed by atoms with Crippen LogP contribution in [0, 0.1) is 5.82 Å². The molecule has 0 unspecified atom stereocenters. The van der Waals surface area contributed by atoms with E-state index in [1.54, 1.807) is 22.4 Å². The fourth-order valence-corrected chi connectivity index (χ4v) is 5.85. The Morgan fingerprint density at radius 3 is 2.66 bits per heavy atom. The van der Waals surface area contributed by atoms with Crippen molar-refractivity contribution in [3.8, 4) is 0 Å². The van der Waals surface area contributed by atoms with Crippen molar-refractivity contribution in [3.63, 3.8) is 0 Å². The zero-order valence-corrected chi connectivity index (χ0v) is 21.0. The summed E-state index contributed by atoms with van der Waals surface area (Å²) in [6.07, 6.45) is 3.80. The van der Waals surface area contributed by atoms with Crippen LogP contribution in [-0.4, -0.2) is 69.4 Å². The lowest BCUT2D eigenvalue weighted by molar-refractivity contribution is 0.134. The third-order valence-electron chi connectivity index (χ3n) is 6.93. The second-order valence-corrected chi connectivity index (χ2v) is 10.2. The van der Waals surface area contributed by atoms with Crippen molar-refractivity contribution in [1.82, 2.24) is 24.3 Å². The molecule has 1 fully saturated rings. The van der Waals surface area contributed by atoms with Crippen molar-refractivity contribution in [2.24, 2.45) is 0 Å². The Hall–Kier alpha value is -2.68. The van der Waals surface area contributed by atoms with Crippen LogP contribution < -0.4 is 5.56 Å². The second kappa shape index (κ2) is 10.9. The summed E-state index contributed by atoms with van der Waals surface area (Å²) in [5.41, 5.74) is 2.80. The van der Waals surface area contributed by atoms with Gasteiger partial charge in [-0.15, -0.1) is 0 Å². The number of fused-ring (bicyclic) bond motifs is 2. The van der Waals surface area contributed by atoms with Gasteiger partial charge in [-0.05, 0) is 55.8 Å². The van der Waals surface area contributed by atoms with Gasteiger partial charge in [-0.3, -0.25) is 9.36 Å². The molecule has 1 saturated heterocycles. The number of nitrogens with zero attached hydrogens (tertiary/aromatic N) is 4. The van der Waals surface area contributed by atoms with E-state index in [1.807, 2.05) is 6.07 Å². The first kappa shape index (κ1) is 24.0. The Labute approximate surface area is 209 Å². The number of aromatic nitrogens is 3. The van der Waals surface area contributed by atoms with Gasteiger partial charge in [-0.25, -0.2) is 9.37 Å². The smallest absolute Gasteiger partial charge is 0.262 e. The molecule has 1 aliphatic rings. The summed E-state index contributed by atoms with van der Waals surface area (Å²) in [7, 11) is 0. The molecule has 2 aromatic carbocycles. The van der Waals surface area contributed by atoms with Gasteiger partial charge < -0.3 is 14.8 Å². The summed E-state index contributed by atoms with van der Waals surface area (Å²) in [5.74, 6) is 0.399. The van der Waals surface area contributed by atoms with Gasteiger partial charge in [0.25, 0.3) is 5.56 Å². The first-order valence-electron chi connectivity index (χ1n) is 12.4. The minimum Gasteiger partial charge on any atom is -0.361 e. The van der Waals surface area contributed by atoms with Crippen LogP contribution in [0.5, 0.6) is 0 Å². The molecule has 1 aliphatic heterocycles. The maximum absolute atomic E-state index is 13.9. The summed E-state index contributed by atoms with van der Waals surface area (Å²) in [6, 6.07) is 12.6. The highest BCUT2D eigenvalue weighted by Gasteiger charge is 2.17. The highest BCUT2D eigenvalue weighted by Crippen LogP contribution is 2.23. The van der Waals surface area contributed by atoms with Crippen molar-refractivity contribution in [1.29, 1.82) is 0 Å². The van der Waals surface area contributed by atoms with E-state index in [0.29, 0.717) is 22.6 Å². The maximum Gasteiger partial charge on any atom is 0.262 e. The van der Waals surface area contributed by atoms with Crippen LogP contribution in [0.1, 0.15) is 18.9 Å². The molecule has 0 saturated carbocycles. The van der Waals surface area contributed by atoms with E-state index in [1.165, 1.54) is 23.1 Å². The molecule has 5 rings (SSSR count). The molecular weight excluding hydrogens is 461 g/mol. The number of para-hydroxylation sites is 1. The van der Waals surface area contributed by atoms with Gasteiger partial charge in [0.05, 0.1) is 10.9 Å². The number of hydrogen-bond acceptors (Lipinski definition) is 5. The van der Waals surface area contributed by atoms with Crippen molar-refractivity contribution < 1.29 is 4.39 Å². The topological polar surface area (TPSA) is 57.2 Å². The minimum absolute atomic E-state index is 0.153. The summed E-state index contributed by atoms with van der Waals surface area (Å²) in [4.78, 5) is 26.4. The largest absolute Gasteiger partial charge is 0.361 e. The number of nitrogens with one attached hydrogen (secondary N) is 1. The molecule has 0 atom stereocenters. The molecule has 0 spiro atoms. The van der Waals surface area contributed by atoms with E-state index in [0.717, 1.165) is 63.4 Å². The predicted molar refractivity (Wildman–Crippen MR) is 142 cm³/mol. The van der Waals surface area contributed by atoms with E-state index in [4.69, 9.17) is 4.98 Å². The number of halogens is 1. The lowest BCUT2D eigenvalue weighted by Crippen LogP contribution is -2.46. The first-order valence-corrected chi connectivity index (χ1v) is 13.4. The van der Waals surface area contributed by atoms with E-state index < -0.39 is 5.82 Å². The number of H-pyrrole nitrogens is 1. The summed E-state index contributed by atoms with van der Waals surface area (Å²) in [5, 5.41) is 2.29. The normalized spacial score (nSPS) is 15.4. The molecule has 4 aromatic rings. The molecule has 2 aromatic heterocycles. The number of aryl methyl sites for hydroxylation is 1. The number of benzene rings is 2. The molecule has 0 radical (unpaired) electrons. The van der Waals surface area contributed by atoms with E-state index in [9.17, 15) is 9.18 Å². The van der Waals surface area contributed by atoms with Crippen LogP contribution in [-0.2, 0) is 13.0 Å². The van der Waals surface area contributed by atoms with Crippen molar-refractivity contribution in [2.45, 2.75) is 31.5 Å². The Balaban J connectivity index is 1.31. The zero-order valence-electron chi connectivity index (χ0n) is 20.2. The van der Waals surface area contributed by atoms with E-state index in [2.05, 4.69) is 46.1 Å². The molecule has 0 aliphatic carbocycles.